The van der Waals surface area contributed by atoms with E-state index in [4.69, 9.17) is 0 Å². The molecule has 30 heavy (non-hydrogen) atoms. The van der Waals surface area contributed by atoms with E-state index in [9.17, 15) is 18.0 Å². The first-order valence-corrected chi connectivity index (χ1v) is 9.30. The van der Waals surface area contributed by atoms with Gasteiger partial charge in [0.1, 0.15) is 11.9 Å². The number of fused-ring (bicyclic) bond motifs is 1. The molecule has 0 saturated heterocycles. The molecule has 0 spiro atoms. The van der Waals surface area contributed by atoms with Crippen LogP contribution in [-0.2, 0) is 0 Å². The Bertz CT molecular complexity index is 1290. The number of hydrogen-bond acceptors (Lipinski definition) is 3. The van der Waals surface area contributed by atoms with Crippen molar-refractivity contribution in [1.82, 2.24) is 19.4 Å². The van der Waals surface area contributed by atoms with E-state index in [1.165, 1.54) is 30.7 Å². The fourth-order valence-electron chi connectivity index (χ4n) is 3.46. The van der Waals surface area contributed by atoms with Crippen LogP contribution in [0.15, 0.2) is 55.1 Å². The molecule has 1 fully saturated rings. The number of aromatic nitrogens is 4. The topological polar surface area (TPSA) is 64.2 Å². The fraction of sp³-hybridized carbons (Fsp3) is 0.190. The number of anilines is 1. The summed E-state index contributed by atoms with van der Waals surface area (Å²) in [5, 5.41) is 10.9. The summed E-state index contributed by atoms with van der Waals surface area (Å²) in [7, 11) is 0. The van der Waals surface area contributed by atoms with E-state index in [0.29, 0.717) is 27.9 Å². The lowest BCUT2D eigenvalue weighted by Crippen LogP contribution is -2.13. The van der Waals surface area contributed by atoms with Crippen LogP contribution in [-0.4, -0.2) is 31.2 Å². The van der Waals surface area contributed by atoms with Crippen molar-refractivity contribution in [1.29, 1.82) is 0 Å². The van der Waals surface area contributed by atoms with Gasteiger partial charge in [-0.1, -0.05) is 6.07 Å². The molecule has 3 aromatic heterocycles. The predicted molar refractivity (Wildman–Crippen MR) is 104 cm³/mol. The third-order valence-corrected chi connectivity index (χ3v) is 5.26. The van der Waals surface area contributed by atoms with Gasteiger partial charge in [0.05, 0.1) is 23.5 Å². The number of aryl methyl sites for hydroxylation is 1. The molecule has 6 nitrogen and oxygen atoms in total. The van der Waals surface area contributed by atoms with Crippen LogP contribution in [0.2, 0.25) is 0 Å². The number of amides is 1. The minimum atomic E-state index is -2.78. The maximum Gasteiger partial charge on any atom is 0.272 e. The van der Waals surface area contributed by atoms with Gasteiger partial charge in [-0.25, -0.2) is 17.7 Å². The van der Waals surface area contributed by atoms with Crippen molar-refractivity contribution in [3.05, 3.63) is 72.1 Å². The van der Waals surface area contributed by atoms with E-state index in [0.717, 1.165) is 4.68 Å². The standard InChI is InChI=1S/C21H16F3N5O/c1-12-6-16(22)14(13-9-25-29(11-13)19-8-21(19,23)24)7-17(12)27-20(30)15-10-26-28-5-3-2-4-18(15)28/h2-7,9-11,19H,8H2,1H3,(H,27,30). The largest absolute Gasteiger partial charge is 0.322 e. The molecule has 5 rings (SSSR count). The highest BCUT2D eigenvalue weighted by Gasteiger charge is 2.59. The number of carbonyl (C=O) groups excluding carboxylic acids is 1. The summed E-state index contributed by atoms with van der Waals surface area (Å²) in [5.74, 6) is -3.68. The van der Waals surface area contributed by atoms with Crippen molar-refractivity contribution in [3.63, 3.8) is 0 Å². The molecule has 152 valence electrons. The second kappa shape index (κ2) is 6.45. The molecule has 1 N–H and O–H groups in total. The number of rotatable bonds is 4. The Kier molecular flexibility index (Phi) is 3.96. The van der Waals surface area contributed by atoms with Crippen LogP contribution in [0.1, 0.15) is 28.4 Å². The Morgan fingerprint density at radius 3 is 2.80 bits per heavy atom. The highest BCUT2D eigenvalue weighted by molar-refractivity contribution is 6.09. The van der Waals surface area contributed by atoms with Gasteiger partial charge >= 0.3 is 0 Å². The van der Waals surface area contributed by atoms with E-state index in [-0.39, 0.29) is 17.9 Å². The van der Waals surface area contributed by atoms with Crippen molar-refractivity contribution in [3.8, 4) is 11.1 Å². The second-order valence-electron chi connectivity index (χ2n) is 7.38. The quantitative estimate of drug-likeness (QED) is 0.539. The van der Waals surface area contributed by atoms with Gasteiger partial charge in [-0.2, -0.15) is 10.2 Å². The first-order chi connectivity index (χ1) is 14.3. The normalized spacial score (nSPS) is 17.3. The van der Waals surface area contributed by atoms with Crippen LogP contribution in [0.25, 0.3) is 16.6 Å². The average molecular weight is 411 g/mol. The number of benzene rings is 1. The summed E-state index contributed by atoms with van der Waals surface area (Å²) in [6.45, 7) is 1.67. The van der Waals surface area contributed by atoms with E-state index < -0.39 is 17.8 Å². The molecular weight excluding hydrogens is 395 g/mol. The molecule has 0 aliphatic heterocycles. The van der Waals surface area contributed by atoms with Crippen molar-refractivity contribution in [2.75, 3.05) is 5.32 Å². The number of nitrogens with zero attached hydrogens (tertiary/aromatic N) is 4. The van der Waals surface area contributed by atoms with E-state index in [1.54, 1.807) is 35.8 Å². The van der Waals surface area contributed by atoms with Crippen LogP contribution in [0, 0.1) is 12.7 Å². The molecule has 1 amide bonds. The van der Waals surface area contributed by atoms with Gasteiger partial charge in [0.2, 0.25) is 0 Å². The number of carbonyl (C=O) groups is 1. The van der Waals surface area contributed by atoms with Gasteiger partial charge in [0, 0.05) is 35.6 Å². The second-order valence-corrected chi connectivity index (χ2v) is 7.38. The van der Waals surface area contributed by atoms with E-state index in [2.05, 4.69) is 15.5 Å². The third-order valence-electron chi connectivity index (χ3n) is 5.26. The maximum absolute atomic E-state index is 14.6. The lowest BCUT2D eigenvalue weighted by molar-refractivity contribution is 0.0982. The number of alkyl halides is 2. The summed E-state index contributed by atoms with van der Waals surface area (Å²) in [5.41, 5.74) is 2.50. The Morgan fingerprint density at radius 2 is 2.03 bits per heavy atom. The molecule has 0 radical (unpaired) electrons. The summed E-state index contributed by atoms with van der Waals surface area (Å²) >= 11 is 0. The first-order valence-electron chi connectivity index (χ1n) is 9.30. The first kappa shape index (κ1) is 18.4. The minimum Gasteiger partial charge on any atom is -0.322 e. The van der Waals surface area contributed by atoms with Crippen molar-refractivity contribution in [2.24, 2.45) is 0 Å². The molecule has 3 heterocycles. The number of hydrogen-bond donors (Lipinski definition) is 1. The van der Waals surface area contributed by atoms with Crippen molar-refractivity contribution >= 4 is 17.1 Å². The summed E-state index contributed by atoms with van der Waals surface area (Å²) in [6.07, 6.45) is 5.67. The third kappa shape index (κ3) is 3.02. The Hall–Kier alpha value is -3.62. The van der Waals surface area contributed by atoms with E-state index in [1.807, 2.05) is 0 Å². The van der Waals surface area contributed by atoms with Crippen LogP contribution in [0.5, 0.6) is 0 Å². The summed E-state index contributed by atoms with van der Waals surface area (Å²) in [4.78, 5) is 12.8. The summed E-state index contributed by atoms with van der Waals surface area (Å²) < 4.78 is 43.9. The van der Waals surface area contributed by atoms with Crippen molar-refractivity contribution in [2.45, 2.75) is 25.3 Å². The van der Waals surface area contributed by atoms with Gasteiger partial charge in [0.25, 0.3) is 11.8 Å². The molecule has 1 saturated carbocycles. The number of nitrogens with one attached hydrogen (secondary N) is 1. The molecular formula is C21H16F3N5O. The lowest BCUT2D eigenvalue weighted by atomic mass is 10.0. The minimum absolute atomic E-state index is 0.172. The molecule has 1 unspecified atom stereocenters. The zero-order valence-electron chi connectivity index (χ0n) is 15.8. The van der Waals surface area contributed by atoms with Crippen LogP contribution >= 0.6 is 0 Å². The molecule has 1 aliphatic carbocycles. The average Bonchev–Trinajstić information content (AvgIpc) is 3.08. The monoisotopic (exact) mass is 411 g/mol. The molecule has 0 bridgehead atoms. The van der Waals surface area contributed by atoms with Crippen molar-refractivity contribution < 1.29 is 18.0 Å². The van der Waals surface area contributed by atoms with Gasteiger partial charge in [-0.05, 0) is 36.8 Å². The van der Waals surface area contributed by atoms with Crippen LogP contribution in [0.3, 0.4) is 0 Å². The Balaban J connectivity index is 1.46. The maximum atomic E-state index is 14.6. The van der Waals surface area contributed by atoms with E-state index >= 15 is 0 Å². The van der Waals surface area contributed by atoms with Gasteiger partial charge in [-0.3, -0.25) is 9.48 Å². The molecule has 1 aliphatic rings. The highest BCUT2D eigenvalue weighted by atomic mass is 19.3. The van der Waals surface area contributed by atoms with Crippen LogP contribution in [0.4, 0.5) is 18.9 Å². The Labute approximate surface area is 168 Å². The Morgan fingerprint density at radius 1 is 1.23 bits per heavy atom. The fourth-order valence-corrected chi connectivity index (χ4v) is 3.46. The lowest BCUT2D eigenvalue weighted by Gasteiger charge is -2.11. The molecule has 1 atom stereocenters. The zero-order chi connectivity index (χ0) is 21.0. The smallest absolute Gasteiger partial charge is 0.272 e. The predicted octanol–water partition coefficient (Wildman–Crippen LogP) is 4.48. The zero-order valence-corrected chi connectivity index (χ0v) is 15.8. The number of halogens is 3. The molecule has 4 aromatic rings. The molecule has 1 aromatic carbocycles. The van der Waals surface area contributed by atoms with Gasteiger partial charge < -0.3 is 5.32 Å². The summed E-state index contributed by atoms with van der Waals surface area (Å²) in [6, 6.07) is 7.17. The van der Waals surface area contributed by atoms with Gasteiger partial charge in [0.15, 0.2) is 0 Å². The highest BCUT2D eigenvalue weighted by Crippen LogP contribution is 2.52. The van der Waals surface area contributed by atoms with Gasteiger partial charge in [-0.15, -0.1) is 0 Å². The SMILES string of the molecule is Cc1cc(F)c(-c2cnn(C3CC3(F)F)c2)cc1NC(=O)c1cnn2ccccc12. The van der Waals surface area contributed by atoms with Crippen LogP contribution < -0.4 is 5.32 Å². The number of pyridine rings is 1. The molecule has 9 heteroatoms.